The number of nitrogens with zero attached hydrogens (tertiary/aromatic N) is 2. The van der Waals surface area contributed by atoms with E-state index in [4.69, 9.17) is 4.74 Å². The van der Waals surface area contributed by atoms with Crippen molar-refractivity contribution in [3.05, 3.63) is 103 Å². The van der Waals surface area contributed by atoms with Gasteiger partial charge in [-0.05, 0) is 35.9 Å². The van der Waals surface area contributed by atoms with Crippen LogP contribution in [0.2, 0.25) is 0 Å². The van der Waals surface area contributed by atoms with Crippen molar-refractivity contribution in [2.24, 2.45) is 0 Å². The zero-order valence-corrected chi connectivity index (χ0v) is 15.2. The first-order valence-electron chi connectivity index (χ1n) is 8.98. The molecule has 0 atom stereocenters. The Morgan fingerprint density at radius 3 is 2.43 bits per heavy atom. The van der Waals surface area contributed by atoms with Gasteiger partial charge in [0.05, 0.1) is 12.2 Å². The van der Waals surface area contributed by atoms with E-state index in [1.54, 1.807) is 12.1 Å². The lowest BCUT2D eigenvalue weighted by atomic mass is 10.1. The molecule has 3 aromatic carbocycles. The number of ether oxygens (including phenoxy) is 1. The number of anilines is 1. The molecule has 0 bridgehead atoms. The molecule has 5 nitrogen and oxygen atoms in total. The summed E-state index contributed by atoms with van der Waals surface area (Å²) >= 11 is 0. The molecule has 0 unspecified atom stereocenters. The monoisotopic (exact) mass is 369 g/mol. The summed E-state index contributed by atoms with van der Waals surface area (Å²) in [6, 6.07) is 28.6. The number of amides is 1. The molecule has 0 aliphatic carbocycles. The summed E-state index contributed by atoms with van der Waals surface area (Å²) in [5.74, 6) is 0.496. The number of rotatable bonds is 5. The molecule has 0 aliphatic rings. The predicted molar refractivity (Wildman–Crippen MR) is 109 cm³/mol. The summed E-state index contributed by atoms with van der Waals surface area (Å²) in [7, 11) is 0. The fourth-order valence-electron chi connectivity index (χ4n) is 2.87. The van der Waals surface area contributed by atoms with E-state index in [2.05, 4.69) is 22.5 Å². The molecule has 0 saturated carbocycles. The molecule has 1 N–H and O–H groups in total. The highest BCUT2D eigenvalue weighted by molar-refractivity contribution is 5.87. The molecule has 0 radical (unpaired) electrons. The van der Waals surface area contributed by atoms with Gasteiger partial charge >= 0.3 is 6.09 Å². The first kappa shape index (κ1) is 17.5. The SMILES string of the molecule is O=C(Nc1cccc(-c2ccn(Cc3ccccc3)n2)c1)Oc1ccccc1. The second-order valence-electron chi connectivity index (χ2n) is 6.29. The van der Waals surface area contributed by atoms with E-state index in [9.17, 15) is 4.79 Å². The van der Waals surface area contributed by atoms with Gasteiger partial charge in [-0.3, -0.25) is 10.00 Å². The zero-order chi connectivity index (χ0) is 19.2. The molecular formula is C23H19N3O2. The van der Waals surface area contributed by atoms with E-state index < -0.39 is 6.09 Å². The minimum absolute atomic E-state index is 0.496. The van der Waals surface area contributed by atoms with Crippen molar-refractivity contribution in [2.45, 2.75) is 6.54 Å². The Balaban J connectivity index is 1.44. The van der Waals surface area contributed by atoms with Gasteiger partial charge in [0, 0.05) is 17.4 Å². The van der Waals surface area contributed by atoms with E-state index >= 15 is 0 Å². The third-order valence-corrected chi connectivity index (χ3v) is 4.19. The van der Waals surface area contributed by atoms with Crippen LogP contribution in [0.4, 0.5) is 10.5 Å². The molecular weight excluding hydrogens is 350 g/mol. The van der Waals surface area contributed by atoms with Crippen molar-refractivity contribution < 1.29 is 9.53 Å². The van der Waals surface area contributed by atoms with Crippen LogP contribution in [0.5, 0.6) is 5.75 Å². The van der Waals surface area contributed by atoms with Crippen LogP contribution in [0.25, 0.3) is 11.3 Å². The van der Waals surface area contributed by atoms with Gasteiger partial charge in [0.15, 0.2) is 0 Å². The number of hydrogen-bond acceptors (Lipinski definition) is 3. The molecule has 5 heteroatoms. The maximum absolute atomic E-state index is 12.1. The molecule has 1 aromatic heterocycles. The summed E-state index contributed by atoms with van der Waals surface area (Å²) in [6.07, 6.45) is 1.42. The molecule has 1 amide bonds. The third kappa shape index (κ3) is 4.45. The zero-order valence-electron chi connectivity index (χ0n) is 15.2. The van der Waals surface area contributed by atoms with Gasteiger partial charge in [0.1, 0.15) is 5.75 Å². The first-order chi connectivity index (χ1) is 13.8. The quantitative estimate of drug-likeness (QED) is 0.525. The summed E-state index contributed by atoms with van der Waals surface area (Å²) < 4.78 is 7.16. The Hall–Kier alpha value is -3.86. The van der Waals surface area contributed by atoms with Crippen LogP contribution in [-0.2, 0) is 6.54 Å². The van der Waals surface area contributed by atoms with Gasteiger partial charge in [-0.2, -0.15) is 5.10 Å². The average molecular weight is 369 g/mol. The molecule has 4 rings (SSSR count). The van der Waals surface area contributed by atoms with Crippen LogP contribution in [0, 0.1) is 0 Å². The molecule has 0 spiro atoms. The lowest BCUT2D eigenvalue weighted by molar-refractivity contribution is 0.215. The van der Waals surface area contributed by atoms with Crippen molar-refractivity contribution in [3.63, 3.8) is 0 Å². The molecule has 0 aliphatic heterocycles. The van der Waals surface area contributed by atoms with E-state index in [1.807, 2.05) is 77.6 Å². The van der Waals surface area contributed by atoms with Gasteiger partial charge in [-0.1, -0.05) is 60.7 Å². The van der Waals surface area contributed by atoms with Crippen molar-refractivity contribution >= 4 is 11.8 Å². The Morgan fingerprint density at radius 2 is 1.64 bits per heavy atom. The topological polar surface area (TPSA) is 56.2 Å². The first-order valence-corrected chi connectivity index (χ1v) is 8.98. The van der Waals surface area contributed by atoms with Gasteiger partial charge in [-0.25, -0.2) is 4.79 Å². The highest BCUT2D eigenvalue weighted by atomic mass is 16.6. The van der Waals surface area contributed by atoms with Crippen LogP contribution in [0.15, 0.2) is 97.2 Å². The largest absolute Gasteiger partial charge is 0.417 e. The Bertz CT molecular complexity index is 1060. The van der Waals surface area contributed by atoms with E-state index in [0.29, 0.717) is 18.0 Å². The Morgan fingerprint density at radius 1 is 0.893 bits per heavy atom. The van der Waals surface area contributed by atoms with Gasteiger partial charge in [0.2, 0.25) is 0 Å². The number of aromatic nitrogens is 2. The summed E-state index contributed by atoms with van der Waals surface area (Å²) in [6.45, 7) is 0.710. The van der Waals surface area contributed by atoms with Crippen molar-refractivity contribution in [1.82, 2.24) is 9.78 Å². The Kier molecular flexibility index (Phi) is 5.15. The summed E-state index contributed by atoms with van der Waals surface area (Å²) in [4.78, 5) is 12.1. The fourth-order valence-corrected chi connectivity index (χ4v) is 2.87. The number of nitrogens with one attached hydrogen (secondary N) is 1. The molecule has 1 heterocycles. The van der Waals surface area contributed by atoms with Crippen molar-refractivity contribution in [3.8, 4) is 17.0 Å². The highest BCUT2D eigenvalue weighted by Crippen LogP contribution is 2.21. The molecule has 138 valence electrons. The summed E-state index contributed by atoms with van der Waals surface area (Å²) in [5.41, 5.74) is 3.60. The number of carbonyl (C=O) groups is 1. The Labute approximate surface area is 163 Å². The van der Waals surface area contributed by atoms with Crippen LogP contribution >= 0.6 is 0 Å². The van der Waals surface area contributed by atoms with Crippen LogP contribution in [0.3, 0.4) is 0 Å². The van der Waals surface area contributed by atoms with Crippen molar-refractivity contribution in [2.75, 3.05) is 5.32 Å². The predicted octanol–water partition coefficient (Wildman–Crippen LogP) is 5.21. The van der Waals surface area contributed by atoms with E-state index in [-0.39, 0.29) is 0 Å². The molecule has 0 fully saturated rings. The average Bonchev–Trinajstić information content (AvgIpc) is 3.18. The van der Waals surface area contributed by atoms with Crippen LogP contribution in [0.1, 0.15) is 5.56 Å². The molecule has 4 aromatic rings. The highest BCUT2D eigenvalue weighted by Gasteiger charge is 2.08. The van der Waals surface area contributed by atoms with Gasteiger partial charge < -0.3 is 4.74 Å². The van der Waals surface area contributed by atoms with Crippen molar-refractivity contribution in [1.29, 1.82) is 0 Å². The fraction of sp³-hybridized carbons (Fsp3) is 0.0435. The smallest absolute Gasteiger partial charge is 0.410 e. The second kappa shape index (κ2) is 8.22. The van der Waals surface area contributed by atoms with Crippen LogP contribution in [-0.4, -0.2) is 15.9 Å². The van der Waals surface area contributed by atoms with E-state index in [1.165, 1.54) is 5.56 Å². The minimum atomic E-state index is -0.530. The number of carbonyl (C=O) groups excluding carboxylic acids is 1. The maximum Gasteiger partial charge on any atom is 0.417 e. The van der Waals surface area contributed by atoms with E-state index in [0.717, 1.165) is 11.3 Å². The number of para-hydroxylation sites is 1. The molecule has 0 saturated heterocycles. The third-order valence-electron chi connectivity index (χ3n) is 4.19. The normalized spacial score (nSPS) is 10.4. The summed E-state index contributed by atoms with van der Waals surface area (Å²) in [5, 5.41) is 7.39. The lowest BCUT2D eigenvalue weighted by Gasteiger charge is -2.07. The minimum Gasteiger partial charge on any atom is -0.410 e. The number of benzene rings is 3. The lowest BCUT2D eigenvalue weighted by Crippen LogP contribution is -2.16. The maximum atomic E-state index is 12.1. The number of hydrogen-bond donors (Lipinski definition) is 1. The standard InChI is InChI=1S/C23H19N3O2/c27-23(28-21-12-5-2-6-13-21)24-20-11-7-10-19(16-20)22-14-15-26(25-22)17-18-8-3-1-4-9-18/h1-16H,17H2,(H,24,27). The van der Waals surface area contributed by atoms with Crippen LogP contribution < -0.4 is 10.1 Å². The van der Waals surface area contributed by atoms with Gasteiger partial charge in [-0.15, -0.1) is 0 Å². The second-order valence-corrected chi connectivity index (χ2v) is 6.29. The van der Waals surface area contributed by atoms with Gasteiger partial charge in [0.25, 0.3) is 0 Å². The molecule has 28 heavy (non-hydrogen) atoms.